The van der Waals surface area contributed by atoms with Crippen LogP contribution in [0.1, 0.15) is 153 Å². The van der Waals surface area contributed by atoms with Crippen molar-refractivity contribution < 1.29 is 63.9 Å². The van der Waals surface area contributed by atoms with Gasteiger partial charge in [-0.25, -0.2) is 4.79 Å². The van der Waals surface area contributed by atoms with Crippen LogP contribution >= 0.6 is 23.2 Å². The zero-order valence-corrected chi connectivity index (χ0v) is 70.3. The molecule has 0 unspecified atom stereocenters. The summed E-state index contributed by atoms with van der Waals surface area (Å²) in [6.07, 6.45) is 2.76. The molecule has 12 rings (SSSR count). The van der Waals surface area contributed by atoms with Crippen LogP contribution in [0.4, 0.5) is 11.4 Å². The fourth-order valence-electron chi connectivity index (χ4n) is 18.6. The standard InChI is InChI=1S/C42H64ClN5O6.C34H46ClN3O7.C8H20N2/c1-23(2)14-30(21-46(7)8)44-40(51)28-15-27(16-31(17-28)47(9)10)37-33(43)13-12-26(39(37)53-11)20-48-38(36(25(4)50)35(22-49)54-48)41(52)45-34-19-29-18-32(24(34)3)42(29,5)6;1-17-24-13-22(34(24,3)4)14-26(17)36-32(41)30-28(18(2)40)27(16-39)45-38(30)15-19-8-9-25(35)29(31(19)44-7)20-10-21(33(42)43)12-23(11-20)37(5)6;1-7(2)5-8(9)6-10(3)4/h12-13,15-17,23-25,29-30,32,34-36,38,49-50H,14,18-22H2,1-11H3,(H,44,51)(H,45,52);8-12,17-18,22,24,26-28,30,39-40H,13-16H2,1-7H3,(H,36,41)(H,42,43);7-8H,5-6,9H2,1-4H3/t24-,25-,29+,30-,32-,34-,35-,36+,38-;17-,18-,22+,24-,26-,27-,28+,30-;8-/m000/s1. The second-order valence-corrected chi connectivity index (χ2v) is 35.9. The lowest BCUT2D eigenvalue weighted by molar-refractivity contribution is -0.183. The van der Waals surface area contributed by atoms with E-state index in [0.717, 1.165) is 50.4 Å². The lowest BCUT2D eigenvalue weighted by Crippen LogP contribution is -2.62. The largest absolute Gasteiger partial charge is 0.496 e. The fourth-order valence-corrected chi connectivity index (χ4v) is 19.2. The average Bonchev–Trinajstić information content (AvgIpc) is 1.28. The van der Waals surface area contributed by atoms with Gasteiger partial charge in [-0.1, -0.05) is 105 Å². The van der Waals surface area contributed by atoms with Crippen LogP contribution in [0.15, 0.2) is 60.7 Å². The molecule has 23 nitrogen and oxygen atoms in total. The van der Waals surface area contributed by atoms with Gasteiger partial charge in [0.05, 0.1) is 68.3 Å². The van der Waals surface area contributed by atoms with Crippen LogP contribution in [-0.2, 0) is 32.4 Å². The average molecular weight is 1560 g/mol. The molecule has 0 aromatic heterocycles. The van der Waals surface area contributed by atoms with Gasteiger partial charge in [-0.15, -0.1) is 0 Å². The molecule has 4 aromatic rings. The highest BCUT2D eigenvalue weighted by Crippen LogP contribution is 2.62. The number of benzene rings is 4. The Morgan fingerprint density at radius 3 is 1.32 bits per heavy atom. The summed E-state index contributed by atoms with van der Waals surface area (Å²) in [6.45, 7) is 26.9. The number of nitrogens with one attached hydrogen (secondary N) is 3. The van der Waals surface area contributed by atoms with Gasteiger partial charge < -0.3 is 76.3 Å². The third-order valence-corrected chi connectivity index (χ3v) is 25.2. The molecule has 608 valence electrons. The summed E-state index contributed by atoms with van der Waals surface area (Å²) in [6, 6.07) is 16.4. The number of anilines is 2. The molecule has 4 aromatic carbocycles. The number of nitrogens with two attached hydrogens (primary N) is 1. The van der Waals surface area contributed by atoms with Crippen LogP contribution in [0.3, 0.4) is 0 Å². The van der Waals surface area contributed by atoms with Crippen molar-refractivity contribution in [1.82, 2.24) is 35.9 Å². The number of hydrogen-bond donors (Lipinski definition) is 9. The Bertz CT molecular complexity index is 3740. The molecule has 2 saturated heterocycles. The second kappa shape index (κ2) is 37.4. The zero-order chi connectivity index (χ0) is 80.9. The quantitative estimate of drug-likeness (QED) is 0.0244. The number of aromatic carboxylic acids is 1. The molecule has 109 heavy (non-hydrogen) atoms. The van der Waals surface area contributed by atoms with Crippen LogP contribution in [0.25, 0.3) is 22.3 Å². The Hall–Kier alpha value is -5.90. The number of carbonyl (C=O) groups is 4. The predicted octanol–water partition coefficient (Wildman–Crippen LogP) is 10.8. The first-order valence-electron chi connectivity index (χ1n) is 39.1. The van der Waals surface area contributed by atoms with Gasteiger partial charge in [0.1, 0.15) is 35.8 Å². The number of halogens is 2. The van der Waals surface area contributed by atoms with E-state index < -0.39 is 54.3 Å². The molecule has 8 aliphatic rings. The summed E-state index contributed by atoms with van der Waals surface area (Å²) in [5, 5.41) is 66.0. The summed E-state index contributed by atoms with van der Waals surface area (Å²) in [4.78, 5) is 74.6. The molecule has 0 spiro atoms. The van der Waals surface area contributed by atoms with Crippen molar-refractivity contribution in [3.63, 3.8) is 0 Å². The van der Waals surface area contributed by atoms with Crippen LogP contribution in [0.2, 0.25) is 10.0 Å². The lowest BCUT2D eigenvalue weighted by atomic mass is 9.45. The maximum atomic E-state index is 14.3. The molecule has 18 atom stereocenters. The fraction of sp³-hybridized carbons (Fsp3) is 0.667. The molecule has 8 fully saturated rings. The highest BCUT2D eigenvalue weighted by molar-refractivity contribution is 6.34. The third-order valence-electron chi connectivity index (χ3n) is 24.6. The SMILES string of the molecule is CC(C)C[C@H](N)CN(C)C.COc1c(CN2O[C@@H](CO)[C@@H]([C@H](C)O)[C@H]2C(=O)N[C@H]2C[C@H]3C[C@@H]([C@@H]2C)C3(C)C)ccc(Cl)c1-c1cc(C(=O)N[C@@H](CC(C)C)CN(C)C)cc(N(C)C)c1.COc1c(CN2O[C@@H](CO)[C@@H]([C@H](C)O)[C@H]2C(=O)N[C@H]2C[C@H]3C[C@@H]([C@@H]2C)C3(C)C)ccc(Cl)c1-c1cc(C(=O)O)cc(N(C)C)c1. The normalized spacial score (nSPS) is 27.1. The summed E-state index contributed by atoms with van der Waals surface area (Å²) in [5.41, 5.74) is 12.2. The number of ether oxygens (including phenoxy) is 2. The summed E-state index contributed by atoms with van der Waals surface area (Å²) < 4.78 is 12.0. The van der Waals surface area contributed by atoms with E-state index in [1.54, 1.807) is 56.4 Å². The summed E-state index contributed by atoms with van der Waals surface area (Å²) >= 11 is 13.7. The number of carbonyl (C=O) groups excluding carboxylic acids is 3. The Labute approximate surface area is 659 Å². The summed E-state index contributed by atoms with van der Waals surface area (Å²) in [7, 11) is 18.7. The number of methoxy groups -OCH3 is 2. The minimum absolute atomic E-state index is 0.0167. The van der Waals surface area contributed by atoms with Gasteiger partial charge in [0.15, 0.2) is 0 Å². The second-order valence-electron chi connectivity index (χ2n) is 35.0. The Morgan fingerprint density at radius 2 is 0.991 bits per heavy atom. The number of aliphatic hydroxyl groups is 4. The molecule has 25 heteroatoms. The molecule has 4 bridgehead atoms. The maximum absolute atomic E-state index is 14.3. The first-order chi connectivity index (χ1) is 51.1. The van der Waals surface area contributed by atoms with Crippen LogP contribution in [0, 0.1) is 70.0 Å². The smallest absolute Gasteiger partial charge is 0.335 e. The van der Waals surface area contributed by atoms with Crippen LogP contribution in [-0.4, -0.2) is 227 Å². The van der Waals surface area contributed by atoms with Crippen molar-refractivity contribution in [2.75, 3.05) is 107 Å². The number of rotatable bonds is 29. The van der Waals surface area contributed by atoms with E-state index in [-0.39, 0.29) is 78.5 Å². The third kappa shape index (κ3) is 20.4. The Kier molecular flexibility index (Phi) is 30.4. The lowest BCUT2D eigenvalue weighted by Gasteiger charge is -2.62. The van der Waals surface area contributed by atoms with Gasteiger partial charge >= 0.3 is 5.97 Å². The van der Waals surface area contributed by atoms with Crippen LogP contribution in [0.5, 0.6) is 11.5 Å². The van der Waals surface area contributed by atoms with E-state index in [9.17, 15) is 44.7 Å². The van der Waals surface area contributed by atoms with E-state index in [1.807, 2.05) is 82.4 Å². The van der Waals surface area contributed by atoms with Crippen molar-refractivity contribution in [3.8, 4) is 33.8 Å². The number of hydroxylamine groups is 4. The molecular weight excluding hydrogens is 1430 g/mol. The minimum Gasteiger partial charge on any atom is -0.496 e. The van der Waals surface area contributed by atoms with E-state index in [2.05, 4.69) is 109 Å². The zero-order valence-electron chi connectivity index (χ0n) is 68.8. The minimum atomic E-state index is -1.07. The van der Waals surface area contributed by atoms with Crippen molar-refractivity contribution in [2.24, 2.45) is 75.7 Å². The molecule has 3 amide bonds. The van der Waals surface area contributed by atoms with Gasteiger partial charge in [0.25, 0.3) is 5.91 Å². The van der Waals surface area contributed by atoms with Gasteiger partial charge in [0.2, 0.25) is 11.8 Å². The van der Waals surface area contributed by atoms with Crippen molar-refractivity contribution in [3.05, 3.63) is 93.0 Å². The number of carboxylic acids is 1. The number of fused-ring (bicyclic) bond motifs is 4. The number of amides is 3. The van der Waals surface area contributed by atoms with E-state index in [0.29, 0.717) is 114 Å². The van der Waals surface area contributed by atoms with Gasteiger partial charge in [-0.3, -0.25) is 24.1 Å². The number of carboxylic acid groups (broad SMARTS) is 1. The highest BCUT2D eigenvalue weighted by atomic mass is 35.5. The molecule has 6 aliphatic carbocycles. The van der Waals surface area contributed by atoms with Gasteiger partial charge in [-0.05, 0) is 198 Å². The molecule has 0 radical (unpaired) electrons. The first kappa shape index (κ1) is 88.7. The monoisotopic (exact) mass is 1560 g/mol. The van der Waals surface area contributed by atoms with Gasteiger partial charge in [-0.2, -0.15) is 10.1 Å². The molecule has 10 N–H and O–H groups in total. The van der Waals surface area contributed by atoms with E-state index >= 15 is 0 Å². The number of nitrogens with zero attached hydrogens (tertiary/aromatic N) is 6. The Morgan fingerprint density at radius 1 is 0.596 bits per heavy atom. The van der Waals surface area contributed by atoms with E-state index in [1.165, 1.54) is 25.0 Å². The molecule has 2 heterocycles. The van der Waals surface area contributed by atoms with E-state index in [4.69, 9.17) is 48.1 Å². The molecule has 2 aliphatic heterocycles. The summed E-state index contributed by atoms with van der Waals surface area (Å²) in [5.74, 6) is 1.80. The maximum Gasteiger partial charge on any atom is 0.335 e. The highest BCUT2D eigenvalue weighted by Gasteiger charge is 2.59. The first-order valence-corrected chi connectivity index (χ1v) is 39.8. The van der Waals surface area contributed by atoms with Crippen molar-refractivity contribution >= 4 is 58.3 Å². The van der Waals surface area contributed by atoms with Crippen molar-refractivity contribution in [2.45, 2.75) is 195 Å². The molecule has 6 saturated carbocycles. The Balaban J connectivity index is 0.000000246. The molecular formula is C84H130Cl2N10O13. The van der Waals surface area contributed by atoms with Crippen molar-refractivity contribution in [1.29, 1.82) is 0 Å². The number of likely N-dealkylation sites (N-methyl/N-ethyl adjacent to an activating group) is 2. The number of aliphatic hydroxyl groups excluding tert-OH is 4. The van der Waals surface area contributed by atoms with Crippen LogP contribution < -0.4 is 41.0 Å². The van der Waals surface area contributed by atoms with Gasteiger partial charge in [0, 0.05) is 116 Å². The topological polar surface area (TPSA) is 288 Å². The predicted molar refractivity (Wildman–Crippen MR) is 433 cm³/mol. The number of hydrogen-bond acceptors (Lipinski definition) is 19.